The first-order valence-electron chi connectivity index (χ1n) is 7.10. The molecule has 2 N–H and O–H groups in total. The lowest BCUT2D eigenvalue weighted by molar-refractivity contribution is -0.124. The molecular formula is C15H18N4O2S. The maximum absolute atomic E-state index is 11.7. The normalized spacial score (nSPS) is 10.2. The van der Waals surface area contributed by atoms with Crippen LogP contribution in [0.5, 0.6) is 0 Å². The van der Waals surface area contributed by atoms with Gasteiger partial charge in [-0.3, -0.25) is 9.59 Å². The SMILES string of the molecule is CCc1nnc(NC(=O)CCC(=O)NCc2ccccc2)s1. The van der Waals surface area contributed by atoms with E-state index in [1.807, 2.05) is 37.3 Å². The summed E-state index contributed by atoms with van der Waals surface area (Å²) >= 11 is 1.35. The van der Waals surface area contributed by atoms with Gasteiger partial charge in [-0.05, 0) is 12.0 Å². The van der Waals surface area contributed by atoms with E-state index in [9.17, 15) is 9.59 Å². The van der Waals surface area contributed by atoms with Crippen molar-refractivity contribution in [2.75, 3.05) is 5.32 Å². The van der Waals surface area contributed by atoms with E-state index in [1.165, 1.54) is 11.3 Å². The summed E-state index contributed by atoms with van der Waals surface area (Å²) in [5, 5.41) is 14.6. The summed E-state index contributed by atoms with van der Waals surface area (Å²) in [6, 6.07) is 9.64. The van der Waals surface area contributed by atoms with Crippen molar-refractivity contribution in [3.05, 3.63) is 40.9 Å². The fraction of sp³-hybridized carbons (Fsp3) is 0.333. The lowest BCUT2D eigenvalue weighted by atomic mass is 10.2. The maximum Gasteiger partial charge on any atom is 0.226 e. The third-order valence-corrected chi connectivity index (χ3v) is 3.91. The molecule has 22 heavy (non-hydrogen) atoms. The number of amides is 2. The molecule has 116 valence electrons. The molecule has 2 aromatic rings. The molecule has 1 heterocycles. The smallest absolute Gasteiger partial charge is 0.226 e. The number of nitrogens with one attached hydrogen (secondary N) is 2. The third-order valence-electron chi connectivity index (χ3n) is 2.93. The molecule has 0 fully saturated rings. The van der Waals surface area contributed by atoms with Crippen molar-refractivity contribution >= 4 is 28.3 Å². The van der Waals surface area contributed by atoms with Crippen molar-refractivity contribution < 1.29 is 9.59 Å². The van der Waals surface area contributed by atoms with Crippen molar-refractivity contribution in [2.45, 2.75) is 32.7 Å². The molecule has 0 spiro atoms. The summed E-state index contributed by atoms with van der Waals surface area (Å²) in [7, 11) is 0. The van der Waals surface area contributed by atoms with E-state index in [1.54, 1.807) is 0 Å². The first-order chi connectivity index (χ1) is 10.7. The van der Waals surface area contributed by atoms with E-state index < -0.39 is 0 Å². The molecule has 0 saturated carbocycles. The van der Waals surface area contributed by atoms with Crippen LogP contribution in [0.4, 0.5) is 5.13 Å². The Hall–Kier alpha value is -2.28. The van der Waals surface area contributed by atoms with E-state index in [2.05, 4.69) is 20.8 Å². The number of anilines is 1. The zero-order chi connectivity index (χ0) is 15.8. The molecule has 1 aromatic heterocycles. The Morgan fingerprint density at radius 2 is 1.82 bits per heavy atom. The highest BCUT2D eigenvalue weighted by Gasteiger charge is 2.09. The van der Waals surface area contributed by atoms with Crippen LogP contribution in [-0.4, -0.2) is 22.0 Å². The van der Waals surface area contributed by atoms with Gasteiger partial charge in [0.15, 0.2) is 0 Å². The zero-order valence-electron chi connectivity index (χ0n) is 12.3. The van der Waals surface area contributed by atoms with Crippen LogP contribution in [0, 0.1) is 0 Å². The summed E-state index contributed by atoms with van der Waals surface area (Å²) in [5.41, 5.74) is 1.03. The van der Waals surface area contributed by atoms with Crippen LogP contribution in [0.15, 0.2) is 30.3 Å². The largest absolute Gasteiger partial charge is 0.352 e. The molecule has 0 atom stereocenters. The van der Waals surface area contributed by atoms with Crippen LogP contribution >= 0.6 is 11.3 Å². The van der Waals surface area contributed by atoms with E-state index >= 15 is 0 Å². The van der Waals surface area contributed by atoms with Crippen molar-refractivity contribution in [3.8, 4) is 0 Å². The van der Waals surface area contributed by atoms with Gasteiger partial charge in [-0.25, -0.2) is 0 Å². The number of rotatable bonds is 7. The van der Waals surface area contributed by atoms with Gasteiger partial charge in [-0.15, -0.1) is 10.2 Å². The standard InChI is InChI=1S/C15H18N4O2S/c1-2-14-18-19-15(22-14)17-13(21)9-8-12(20)16-10-11-6-4-3-5-7-11/h3-7H,2,8-10H2,1H3,(H,16,20)(H,17,19,21). The second-order valence-electron chi connectivity index (χ2n) is 4.67. The molecule has 2 amide bonds. The first kappa shape index (κ1) is 16.1. The average Bonchev–Trinajstić information content (AvgIpc) is 2.99. The van der Waals surface area contributed by atoms with Gasteiger partial charge in [-0.2, -0.15) is 0 Å². The molecule has 6 nitrogen and oxygen atoms in total. The number of benzene rings is 1. The fourth-order valence-electron chi connectivity index (χ4n) is 1.74. The van der Waals surface area contributed by atoms with Gasteiger partial charge in [0.1, 0.15) is 5.01 Å². The summed E-state index contributed by atoms with van der Waals surface area (Å²) < 4.78 is 0. The van der Waals surface area contributed by atoms with Gasteiger partial charge < -0.3 is 10.6 Å². The van der Waals surface area contributed by atoms with E-state index in [4.69, 9.17) is 0 Å². The number of hydrogen-bond donors (Lipinski definition) is 2. The number of aromatic nitrogens is 2. The summed E-state index contributed by atoms with van der Waals surface area (Å²) in [4.78, 5) is 23.4. The lowest BCUT2D eigenvalue weighted by Crippen LogP contribution is -2.24. The highest BCUT2D eigenvalue weighted by molar-refractivity contribution is 7.15. The molecular weight excluding hydrogens is 300 g/mol. The fourth-order valence-corrected chi connectivity index (χ4v) is 2.44. The number of carbonyl (C=O) groups excluding carboxylic acids is 2. The number of aryl methyl sites for hydroxylation is 1. The number of carbonyl (C=O) groups is 2. The molecule has 0 unspecified atom stereocenters. The van der Waals surface area contributed by atoms with Crippen molar-refractivity contribution in [1.29, 1.82) is 0 Å². The van der Waals surface area contributed by atoms with Gasteiger partial charge >= 0.3 is 0 Å². The predicted molar refractivity (Wildman–Crippen MR) is 85.4 cm³/mol. The van der Waals surface area contributed by atoms with Crippen LogP contribution in [-0.2, 0) is 22.6 Å². The second kappa shape index (κ2) is 8.23. The Morgan fingerprint density at radius 3 is 2.50 bits per heavy atom. The average molecular weight is 318 g/mol. The van der Waals surface area contributed by atoms with Crippen LogP contribution in [0.1, 0.15) is 30.3 Å². The molecule has 0 bridgehead atoms. The predicted octanol–water partition coefficient (Wildman–Crippen LogP) is 2.14. The molecule has 0 saturated heterocycles. The maximum atomic E-state index is 11.7. The van der Waals surface area contributed by atoms with Crippen LogP contribution in [0.3, 0.4) is 0 Å². The van der Waals surface area contributed by atoms with Crippen molar-refractivity contribution in [2.24, 2.45) is 0 Å². The Labute approximate surface area is 133 Å². The van der Waals surface area contributed by atoms with Gasteiger partial charge in [0, 0.05) is 19.4 Å². The van der Waals surface area contributed by atoms with Gasteiger partial charge in [0.2, 0.25) is 16.9 Å². The van der Waals surface area contributed by atoms with Crippen LogP contribution in [0.25, 0.3) is 0 Å². The van der Waals surface area contributed by atoms with E-state index in [0.29, 0.717) is 11.7 Å². The minimum absolute atomic E-state index is 0.127. The lowest BCUT2D eigenvalue weighted by Gasteiger charge is -2.05. The topological polar surface area (TPSA) is 84.0 Å². The zero-order valence-corrected chi connectivity index (χ0v) is 13.2. The quantitative estimate of drug-likeness (QED) is 0.819. The molecule has 0 radical (unpaired) electrons. The summed E-state index contributed by atoms with van der Waals surface area (Å²) in [5.74, 6) is -0.376. The third kappa shape index (κ3) is 5.25. The Balaban J connectivity index is 1.68. The molecule has 1 aromatic carbocycles. The second-order valence-corrected chi connectivity index (χ2v) is 5.73. The van der Waals surface area contributed by atoms with E-state index in [0.717, 1.165) is 17.0 Å². The monoisotopic (exact) mass is 318 g/mol. The van der Waals surface area contributed by atoms with Gasteiger partial charge in [-0.1, -0.05) is 48.6 Å². The van der Waals surface area contributed by atoms with Gasteiger partial charge in [0.05, 0.1) is 0 Å². The van der Waals surface area contributed by atoms with Crippen molar-refractivity contribution in [3.63, 3.8) is 0 Å². The van der Waals surface area contributed by atoms with Crippen molar-refractivity contribution in [1.82, 2.24) is 15.5 Å². The first-order valence-corrected chi connectivity index (χ1v) is 7.92. The van der Waals surface area contributed by atoms with Gasteiger partial charge in [0.25, 0.3) is 0 Å². The number of nitrogens with zero attached hydrogens (tertiary/aromatic N) is 2. The molecule has 0 aliphatic carbocycles. The number of hydrogen-bond acceptors (Lipinski definition) is 5. The highest BCUT2D eigenvalue weighted by atomic mass is 32.1. The Bertz CT molecular complexity index is 627. The molecule has 0 aliphatic heterocycles. The Kier molecular flexibility index (Phi) is 6.02. The molecule has 7 heteroatoms. The summed E-state index contributed by atoms with van der Waals surface area (Å²) in [6.45, 7) is 2.45. The molecule has 0 aliphatic rings. The highest BCUT2D eigenvalue weighted by Crippen LogP contribution is 2.15. The van der Waals surface area contributed by atoms with Crippen LogP contribution < -0.4 is 10.6 Å². The Morgan fingerprint density at radius 1 is 1.09 bits per heavy atom. The minimum Gasteiger partial charge on any atom is -0.352 e. The summed E-state index contributed by atoms with van der Waals surface area (Å²) in [6.07, 6.45) is 1.06. The van der Waals surface area contributed by atoms with Crippen LogP contribution in [0.2, 0.25) is 0 Å². The minimum atomic E-state index is -0.228. The van der Waals surface area contributed by atoms with E-state index in [-0.39, 0.29) is 24.7 Å². The molecule has 2 rings (SSSR count).